The standard InChI is InChI=1S/C16H22N2O2/c1-5-10-20-14-9-7-8-13(11-14)17-16(19)18-15(6-2)12(3)4/h2,7-9,11-12,15H,5,10H2,1,3-4H3,(H2,17,18,19)/t15-/m1/s1. The predicted molar refractivity (Wildman–Crippen MR) is 81.8 cm³/mol. The molecule has 20 heavy (non-hydrogen) atoms. The molecular weight excluding hydrogens is 252 g/mol. The average Bonchev–Trinajstić information content (AvgIpc) is 2.42. The van der Waals surface area contributed by atoms with E-state index < -0.39 is 0 Å². The topological polar surface area (TPSA) is 50.4 Å². The van der Waals surface area contributed by atoms with E-state index in [2.05, 4.69) is 16.6 Å². The van der Waals surface area contributed by atoms with Crippen LogP contribution in [0.2, 0.25) is 0 Å². The fraction of sp³-hybridized carbons (Fsp3) is 0.438. The molecule has 0 saturated carbocycles. The highest BCUT2D eigenvalue weighted by Crippen LogP contribution is 2.17. The van der Waals surface area contributed by atoms with E-state index in [0.717, 1.165) is 12.2 Å². The summed E-state index contributed by atoms with van der Waals surface area (Å²) in [5.74, 6) is 3.48. The average molecular weight is 274 g/mol. The molecule has 1 aromatic carbocycles. The Morgan fingerprint density at radius 2 is 2.20 bits per heavy atom. The number of carbonyl (C=O) groups is 1. The lowest BCUT2D eigenvalue weighted by molar-refractivity contribution is 0.248. The number of carbonyl (C=O) groups excluding carboxylic acids is 1. The van der Waals surface area contributed by atoms with E-state index in [4.69, 9.17) is 11.2 Å². The molecule has 0 aliphatic carbocycles. The van der Waals surface area contributed by atoms with Crippen LogP contribution >= 0.6 is 0 Å². The number of benzene rings is 1. The number of anilines is 1. The molecule has 1 rings (SSSR count). The van der Waals surface area contributed by atoms with Crippen molar-refractivity contribution in [1.29, 1.82) is 0 Å². The molecule has 0 unspecified atom stereocenters. The van der Waals surface area contributed by atoms with Crippen molar-refractivity contribution in [2.45, 2.75) is 33.2 Å². The molecule has 4 nitrogen and oxygen atoms in total. The fourth-order valence-corrected chi connectivity index (χ4v) is 1.59. The molecule has 0 aliphatic rings. The summed E-state index contributed by atoms with van der Waals surface area (Å²) in [6, 6.07) is 6.69. The van der Waals surface area contributed by atoms with Crippen molar-refractivity contribution in [2.24, 2.45) is 5.92 Å². The van der Waals surface area contributed by atoms with Crippen LogP contribution in [0, 0.1) is 18.3 Å². The Hall–Kier alpha value is -2.15. The molecule has 1 atom stereocenters. The quantitative estimate of drug-likeness (QED) is 0.782. The molecule has 2 amide bonds. The molecule has 0 radical (unpaired) electrons. The minimum absolute atomic E-state index is 0.185. The Labute approximate surface area is 120 Å². The molecule has 4 heteroatoms. The summed E-state index contributed by atoms with van der Waals surface area (Å²) < 4.78 is 5.51. The summed E-state index contributed by atoms with van der Waals surface area (Å²) in [6.07, 6.45) is 6.32. The first kappa shape index (κ1) is 15.9. The monoisotopic (exact) mass is 274 g/mol. The third-order valence-corrected chi connectivity index (χ3v) is 2.70. The maximum atomic E-state index is 11.9. The van der Waals surface area contributed by atoms with E-state index in [0.29, 0.717) is 12.3 Å². The maximum Gasteiger partial charge on any atom is 0.320 e. The second-order valence-electron chi connectivity index (χ2n) is 4.86. The fourth-order valence-electron chi connectivity index (χ4n) is 1.59. The minimum atomic E-state index is -0.311. The van der Waals surface area contributed by atoms with Gasteiger partial charge in [-0.2, -0.15) is 0 Å². The first-order valence-corrected chi connectivity index (χ1v) is 6.83. The van der Waals surface area contributed by atoms with E-state index in [1.807, 2.05) is 32.9 Å². The maximum absolute atomic E-state index is 11.9. The zero-order valence-electron chi connectivity index (χ0n) is 12.3. The Kier molecular flexibility index (Phi) is 6.45. The van der Waals surface area contributed by atoms with E-state index in [1.165, 1.54) is 0 Å². The van der Waals surface area contributed by atoms with Crippen LogP contribution in [-0.4, -0.2) is 18.7 Å². The zero-order valence-corrected chi connectivity index (χ0v) is 12.3. The summed E-state index contributed by atoms with van der Waals surface area (Å²) in [6.45, 7) is 6.62. The Morgan fingerprint density at radius 3 is 2.80 bits per heavy atom. The first-order valence-electron chi connectivity index (χ1n) is 6.83. The molecule has 0 heterocycles. The van der Waals surface area contributed by atoms with E-state index in [-0.39, 0.29) is 18.0 Å². The molecule has 0 fully saturated rings. The summed E-state index contributed by atoms with van der Waals surface area (Å²) in [5, 5.41) is 5.50. The van der Waals surface area contributed by atoms with E-state index in [9.17, 15) is 4.79 Å². The molecule has 108 valence electrons. The summed E-state index contributed by atoms with van der Waals surface area (Å²) >= 11 is 0. The van der Waals surface area contributed by atoms with Crippen LogP contribution in [0.1, 0.15) is 27.2 Å². The van der Waals surface area contributed by atoms with Crippen LogP contribution in [0.25, 0.3) is 0 Å². The number of nitrogens with one attached hydrogen (secondary N) is 2. The molecular formula is C16H22N2O2. The largest absolute Gasteiger partial charge is 0.494 e. The molecule has 0 spiro atoms. The van der Waals surface area contributed by atoms with Crippen LogP contribution in [0.4, 0.5) is 10.5 Å². The third kappa shape index (κ3) is 5.23. The van der Waals surface area contributed by atoms with Crippen molar-refractivity contribution in [2.75, 3.05) is 11.9 Å². The van der Waals surface area contributed by atoms with Gasteiger partial charge in [-0.3, -0.25) is 0 Å². The van der Waals surface area contributed by atoms with Crippen LogP contribution in [0.5, 0.6) is 5.75 Å². The van der Waals surface area contributed by atoms with Gasteiger partial charge in [-0.15, -0.1) is 6.42 Å². The normalized spacial score (nSPS) is 11.6. The number of ether oxygens (including phenoxy) is 1. The number of urea groups is 1. The lowest BCUT2D eigenvalue weighted by atomic mass is 10.1. The van der Waals surface area contributed by atoms with Crippen LogP contribution in [-0.2, 0) is 0 Å². The second kappa shape index (κ2) is 8.11. The molecule has 2 N–H and O–H groups in total. The van der Waals surface area contributed by atoms with E-state index in [1.54, 1.807) is 12.1 Å². The number of hydrogen-bond donors (Lipinski definition) is 2. The minimum Gasteiger partial charge on any atom is -0.494 e. The van der Waals surface area contributed by atoms with Gasteiger partial charge in [0.25, 0.3) is 0 Å². The van der Waals surface area contributed by atoms with Crippen LogP contribution in [0.3, 0.4) is 0 Å². The predicted octanol–water partition coefficient (Wildman–Crippen LogP) is 3.25. The zero-order chi connectivity index (χ0) is 15.0. The van der Waals surface area contributed by atoms with Gasteiger partial charge in [0.05, 0.1) is 12.6 Å². The van der Waals surface area contributed by atoms with Gasteiger partial charge >= 0.3 is 6.03 Å². The second-order valence-corrected chi connectivity index (χ2v) is 4.86. The van der Waals surface area contributed by atoms with Crippen molar-refractivity contribution in [3.8, 4) is 18.1 Å². The third-order valence-electron chi connectivity index (χ3n) is 2.70. The van der Waals surface area contributed by atoms with Crippen LogP contribution in [0.15, 0.2) is 24.3 Å². The smallest absolute Gasteiger partial charge is 0.320 e. The van der Waals surface area contributed by atoms with Crippen molar-refractivity contribution < 1.29 is 9.53 Å². The lowest BCUT2D eigenvalue weighted by Gasteiger charge is -2.17. The molecule has 0 aliphatic heterocycles. The molecule has 0 aromatic heterocycles. The van der Waals surface area contributed by atoms with Gasteiger partial charge in [-0.05, 0) is 24.5 Å². The summed E-state index contributed by atoms with van der Waals surface area (Å²) in [5.41, 5.74) is 0.677. The Bertz CT molecular complexity index is 478. The van der Waals surface area contributed by atoms with Crippen molar-refractivity contribution in [3.05, 3.63) is 24.3 Å². The van der Waals surface area contributed by atoms with Gasteiger partial charge in [-0.25, -0.2) is 4.79 Å². The Balaban J connectivity index is 2.59. The van der Waals surface area contributed by atoms with Crippen molar-refractivity contribution in [1.82, 2.24) is 5.32 Å². The van der Waals surface area contributed by atoms with Crippen LogP contribution < -0.4 is 15.4 Å². The number of amides is 2. The first-order chi connectivity index (χ1) is 9.56. The number of hydrogen-bond acceptors (Lipinski definition) is 2. The lowest BCUT2D eigenvalue weighted by Crippen LogP contribution is -2.40. The Morgan fingerprint density at radius 1 is 1.45 bits per heavy atom. The highest BCUT2D eigenvalue weighted by atomic mass is 16.5. The highest BCUT2D eigenvalue weighted by molar-refractivity contribution is 5.89. The van der Waals surface area contributed by atoms with Crippen molar-refractivity contribution in [3.63, 3.8) is 0 Å². The van der Waals surface area contributed by atoms with Crippen molar-refractivity contribution >= 4 is 11.7 Å². The van der Waals surface area contributed by atoms with Gasteiger partial charge in [0.1, 0.15) is 5.75 Å². The van der Waals surface area contributed by atoms with Gasteiger partial charge in [0, 0.05) is 11.8 Å². The summed E-state index contributed by atoms with van der Waals surface area (Å²) in [7, 11) is 0. The number of terminal acetylenes is 1. The number of rotatable bonds is 6. The highest BCUT2D eigenvalue weighted by Gasteiger charge is 2.13. The van der Waals surface area contributed by atoms with Gasteiger partial charge < -0.3 is 15.4 Å². The molecule has 0 bridgehead atoms. The SMILES string of the molecule is C#C[C@@H](NC(=O)Nc1cccc(OCCC)c1)C(C)C. The van der Waals surface area contributed by atoms with Gasteiger partial charge in [0.2, 0.25) is 0 Å². The molecule has 0 saturated heterocycles. The van der Waals surface area contributed by atoms with E-state index >= 15 is 0 Å². The van der Waals surface area contributed by atoms with Gasteiger partial charge in [0.15, 0.2) is 0 Å². The van der Waals surface area contributed by atoms with Gasteiger partial charge in [-0.1, -0.05) is 32.8 Å². The summed E-state index contributed by atoms with van der Waals surface area (Å²) in [4.78, 5) is 11.9. The molecule has 1 aromatic rings.